The third-order valence-corrected chi connectivity index (χ3v) is 10.8. The summed E-state index contributed by atoms with van der Waals surface area (Å²) in [7, 11) is 0. The molecular formula is C57H96O6. The van der Waals surface area contributed by atoms with Crippen LogP contribution in [-0.4, -0.2) is 37.2 Å². The molecule has 0 radical (unpaired) electrons. The molecule has 0 aromatic rings. The van der Waals surface area contributed by atoms with Gasteiger partial charge in [-0.15, -0.1) is 0 Å². The first-order valence-corrected chi connectivity index (χ1v) is 26.1. The average Bonchev–Trinajstić information content (AvgIpc) is 3.28. The summed E-state index contributed by atoms with van der Waals surface area (Å²) in [4.78, 5) is 38.0. The molecule has 0 amide bonds. The first kappa shape index (κ1) is 59.6. The van der Waals surface area contributed by atoms with Gasteiger partial charge < -0.3 is 14.2 Å². The molecule has 6 nitrogen and oxygen atoms in total. The Morgan fingerprint density at radius 1 is 0.317 bits per heavy atom. The van der Waals surface area contributed by atoms with Gasteiger partial charge in [-0.05, 0) is 109 Å². The van der Waals surface area contributed by atoms with Gasteiger partial charge in [-0.1, -0.05) is 196 Å². The van der Waals surface area contributed by atoms with Gasteiger partial charge >= 0.3 is 17.9 Å². The maximum Gasteiger partial charge on any atom is 0.306 e. The average molecular weight is 877 g/mol. The van der Waals surface area contributed by atoms with Gasteiger partial charge in [-0.2, -0.15) is 0 Å². The summed E-state index contributed by atoms with van der Waals surface area (Å²) in [6.45, 7) is 6.44. The van der Waals surface area contributed by atoms with Gasteiger partial charge in [0.2, 0.25) is 0 Å². The van der Waals surface area contributed by atoms with Gasteiger partial charge in [0.1, 0.15) is 13.2 Å². The molecular weight excluding hydrogens is 781 g/mol. The van der Waals surface area contributed by atoms with Gasteiger partial charge in [0.25, 0.3) is 0 Å². The quantitative estimate of drug-likeness (QED) is 0.0262. The number of hydrogen-bond donors (Lipinski definition) is 0. The van der Waals surface area contributed by atoms with Crippen molar-refractivity contribution < 1.29 is 28.6 Å². The lowest BCUT2D eigenvalue weighted by atomic mass is 10.1. The van der Waals surface area contributed by atoms with Crippen molar-refractivity contribution >= 4 is 17.9 Å². The van der Waals surface area contributed by atoms with Gasteiger partial charge in [0, 0.05) is 19.3 Å². The number of rotatable bonds is 46. The Labute approximate surface area is 388 Å². The third kappa shape index (κ3) is 49.5. The topological polar surface area (TPSA) is 78.9 Å². The Kier molecular flexibility index (Phi) is 48.5. The highest BCUT2D eigenvalue weighted by molar-refractivity contribution is 5.71. The highest BCUT2D eigenvalue weighted by Gasteiger charge is 2.19. The molecule has 0 aliphatic carbocycles. The van der Waals surface area contributed by atoms with E-state index in [4.69, 9.17) is 14.2 Å². The lowest BCUT2D eigenvalue weighted by molar-refractivity contribution is -0.167. The van der Waals surface area contributed by atoms with Crippen molar-refractivity contribution in [2.45, 2.75) is 245 Å². The first-order valence-electron chi connectivity index (χ1n) is 26.1. The number of esters is 3. The van der Waals surface area contributed by atoms with Crippen molar-refractivity contribution in [3.8, 4) is 0 Å². The SMILES string of the molecule is CCC/C=C\C/C=C\CCCCCCCC(=O)OCC(COC(=O)CCCCCCCC/C=C\C/C=C\C/C=C\CCCCC)OC(=O)CCCCCCC/C=C\C/C=C\CCC. The molecule has 0 rings (SSSR count). The van der Waals surface area contributed by atoms with Crippen LogP contribution in [0.15, 0.2) is 85.1 Å². The number of carbonyl (C=O) groups is 3. The van der Waals surface area contributed by atoms with Gasteiger partial charge in [0.05, 0.1) is 0 Å². The van der Waals surface area contributed by atoms with Crippen molar-refractivity contribution in [2.75, 3.05) is 13.2 Å². The van der Waals surface area contributed by atoms with E-state index in [2.05, 4.69) is 106 Å². The highest BCUT2D eigenvalue weighted by Crippen LogP contribution is 2.13. The number of hydrogen-bond acceptors (Lipinski definition) is 6. The molecule has 0 saturated carbocycles. The van der Waals surface area contributed by atoms with Crippen LogP contribution in [0.5, 0.6) is 0 Å². The Balaban J connectivity index is 4.42. The maximum atomic E-state index is 12.8. The van der Waals surface area contributed by atoms with E-state index in [0.717, 1.165) is 141 Å². The van der Waals surface area contributed by atoms with E-state index in [9.17, 15) is 14.4 Å². The molecule has 1 unspecified atom stereocenters. The van der Waals surface area contributed by atoms with Crippen LogP contribution in [-0.2, 0) is 28.6 Å². The molecule has 0 aromatic heterocycles. The van der Waals surface area contributed by atoms with Gasteiger partial charge in [-0.3, -0.25) is 14.4 Å². The van der Waals surface area contributed by atoms with E-state index >= 15 is 0 Å². The molecule has 0 aliphatic rings. The fraction of sp³-hybridized carbons (Fsp3) is 0.702. The Hall–Kier alpha value is -3.41. The molecule has 63 heavy (non-hydrogen) atoms. The molecule has 0 heterocycles. The monoisotopic (exact) mass is 877 g/mol. The van der Waals surface area contributed by atoms with Gasteiger partial charge in [-0.25, -0.2) is 0 Å². The Morgan fingerprint density at radius 2 is 0.603 bits per heavy atom. The smallest absolute Gasteiger partial charge is 0.306 e. The number of carbonyl (C=O) groups excluding carboxylic acids is 3. The van der Waals surface area contributed by atoms with Crippen LogP contribution in [0.4, 0.5) is 0 Å². The molecule has 0 aromatic carbocycles. The van der Waals surface area contributed by atoms with Crippen LogP contribution in [0.2, 0.25) is 0 Å². The number of unbranched alkanes of at least 4 members (excludes halogenated alkanes) is 21. The van der Waals surface area contributed by atoms with Gasteiger partial charge in [0.15, 0.2) is 6.10 Å². The normalized spacial score (nSPS) is 12.7. The van der Waals surface area contributed by atoms with Crippen molar-refractivity contribution in [3.63, 3.8) is 0 Å². The number of allylic oxidation sites excluding steroid dienone is 14. The maximum absolute atomic E-state index is 12.8. The summed E-state index contributed by atoms with van der Waals surface area (Å²) >= 11 is 0. The summed E-state index contributed by atoms with van der Waals surface area (Å²) in [6.07, 6.45) is 65.6. The zero-order valence-corrected chi connectivity index (χ0v) is 41.1. The van der Waals surface area contributed by atoms with E-state index < -0.39 is 6.10 Å². The largest absolute Gasteiger partial charge is 0.462 e. The summed E-state index contributed by atoms with van der Waals surface area (Å²) in [5, 5.41) is 0. The second-order valence-corrected chi connectivity index (χ2v) is 17.1. The first-order chi connectivity index (χ1) is 31.0. The molecule has 0 aliphatic heterocycles. The van der Waals surface area contributed by atoms with Crippen LogP contribution in [0, 0.1) is 0 Å². The molecule has 0 bridgehead atoms. The van der Waals surface area contributed by atoms with E-state index in [1.165, 1.54) is 57.8 Å². The van der Waals surface area contributed by atoms with Crippen LogP contribution in [0.1, 0.15) is 239 Å². The molecule has 360 valence electrons. The lowest BCUT2D eigenvalue weighted by Crippen LogP contribution is -2.30. The minimum absolute atomic E-state index is 0.0945. The molecule has 0 saturated heterocycles. The van der Waals surface area contributed by atoms with Crippen molar-refractivity contribution in [1.82, 2.24) is 0 Å². The summed E-state index contributed by atoms with van der Waals surface area (Å²) in [6, 6.07) is 0. The predicted octanol–water partition coefficient (Wildman–Crippen LogP) is 17.2. The Morgan fingerprint density at radius 3 is 0.952 bits per heavy atom. The summed E-state index contributed by atoms with van der Waals surface area (Å²) in [5.74, 6) is -0.936. The molecule has 0 fully saturated rings. The minimum Gasteiger partial charge on any atom is -0.462 e. The third-order valence-electron chi connectivity index (χ3n) is 10.8. The second-order valence-electron chi connectivity index (χ2n) is 17.1. The molecule has 0 spiro atoms. The summed E-state index contributed by atoms with van der Waals surface area (Å²) in [5.41, 5.74) is 0. The van der Waals surface area contributed by atoms with Crippen LogP contribution in [0.3, 0.4) is 0 Å². The fourth-order valence-corrected chi connectivity index (χ4v) is 6.88. The van der Waals surface area contributed by atoms with Crippen LogP contribution >= 0.6 is 0 Å². The zero-order chi connectivity index (χ0) is 45.8. The zero-order valence-electron chi connectivity index (χ0n) is 41.1. The van der Waals surface area contributed by atoms with Crippen molar-refractivity contribution in [1.29, 1.82) is 0 Å². The van der Waals surface area contributed by atoms with E-state index in [1.807, 2.05) is 0 Å². The Bertz CT molecular complexity index is 1240. The second kappa shape index (κ2) is 51.2. The van der Waals surface area contributed by atoms with E-state index in [-0.39, 0.29) is 31.1 Å². The van der Waals surface area contributed by atoms with Crippen LogP contribution in [0.25, 0.3) is 0 Å². The van der Waals surface area contributed by atoms with E-state index in [1.54, 1.807) is 0 Å². The molecule has 6 heteroatoms. The van der Waals surface area contributed by atoms with Crippen molar-refractivity contribution in [2.24, 2.45) is 0 Å². The standard InChI is InChI=1S/C57H96O6/c1-4-7-10-13-16-19-22-25-26-27-28-29-30-33-35-38-41-44-47-50-56(59)62-53-54(63-57(60)51-48-45-42-39-36-32-24-21-18-15-12-9-6-3)52-61-55(58)49-46-43-40-37-34-31-23-20-17-14-11-8-5-2/h11-12,14-16,19-21,23-26,28-29,54H,4-10,13,17-18,22,27,30-53H2,1-3H3/b14-11-,15-12-,19-16-,23-20-,24-21-,26-25-,29-28-. The van der Waals surface area contributed by atoms with Crippen LogP contribution < -0.4 is 0 Å². The van der Waals surface area contributed by atoms with E-state index in [0.29, 0.717) is 19.3 Å². The molecule has 1 atom stereocenters. The lowest BCUT2D eigenvalue weighted by Gasteiger charge is -2.18. The molecule has 0 N–H and O–H groups in total. The predicted molar refractivity (Wildman–Crippen MR) is 270 cm³/mol. The highest BCUT2D eigenvalue weighted by atomic mass is 16.6. The fourth-order valence-electron chi connectivity index (χ4n) is 6.88. The number of ether oxygens (including phenoxy) is 3. The van der Waals surface area contributed by atoms with Crippen molar-refractivity contribution in [3.05, 3.63) is 85.1 Å². The minimum atomic E-state index is -0.795. The summed E-state index contributed by atoms with van der Waals surface area (Å²) < 4.78 is 16.8.